The Kier molecular flexibility index (Phi) is 31.1. The minimum atomic E-state index is 0.602. The molecule has 0 saturated carbocycles. The van der Waals surface area contributed by atoms with E-state index in [4.69, 9.17) is 23.7 Å². The lowest BCUT2D eigenvalue weighted by Crippen LogP contribution is -2.13. The molecule has 0 aromatic rings. The van der Waals surface area contributed by atoms with Gasteiger partial charge in [-0.15, -0.1) is 0 Å². The Balaban J connectivity index is 2.98. The summed E-state index contributed by atoms with van der Waals surface area (Å²) in [6.45, 7) is 8.97. The van der Waals surface area contributed by atoms with Crippen molar-refractivity contribution in [2.75, 3.05) is 70.5 Å². The molecule has 0 saturated heterocycles. The van der Waals surface area contributed by atoms with Gasteiger partial charge >= 0.3 is 0 Å². The maximum absolute atomic E-state index is 5.64. The van der Waals surface area contributed by atoms with Crippen LogP contribution >= 0.6 is 22.6 Å². The van der Waals surface area contributed by atoms with Gasteiger partial charge in [0.05, 0.1) is 59.5 Å². The highest BCUT2D eigenvalue weighted by atomic mass is 127. The van der Waals surface area contributed by atoms with Crippen LogP contribution in [0.1, 0.15) is 90.4 Å². The molecular weight excluding hydrogens is 507 g/mol. The van der Waals surface area contributed by atoms with Gasteiger partial charge in [0.15, 0.2) is 0 Å². The van der Waals surface area contributed by atoms with Crippen molar-refractivity contribution in [1.82, 2.24) is 0 Å². The summed E-state index contributed by atoms with van der Waals surface area (Å²) in [5.74, 6) is 0. The van der Waals surface area contributed by atoms with Gasteiger partial charge in [-0.2, -0.15) is 0 Å². The molecule has 0 heterocycles. The molecule has 0 aromatic carbocycles. The molecule has 0 unspecified atom stereocenters. The first-order valence-electron chi connectivity index (χ1n) is 12.9. The van der Waals surface area contributed by atoms with Crippen molar-refractivity contribution in [2.45, 2.75) is 90.4 Å². The largest absolute Gasteiger partial charge is 0.379 e. The van der Waals surface area contributed by atoms with E-state index in [1.807, 2.05) is 0 Å². The summed E-state index contributed by atoms with van der Waals surface area (Å²) in [6, 6.07) is 0. The van der Waals surface area contributed by atoms with E-state index < -0.39 is 0 Å². The predicted octanol–water partition coefficient (Wildman–Crippen LogP) is 6.60. The van der Waals surface area contributed by atoms with Gasteiger partial charge in [-0.25, -0.2) is 0 Å². The summed E-state index contributed by atoms with van der Waals surface area (Å²) in [4.78, 5) is 0. The van der Waals surface area contributed by atoms with E-state index in [-0.39, 0.29) is 0 Å². The zero-order valence-corrected chi connectivity index (χ0v) is 22.5. The molecule has 0 fully saturated rings. The van der Waals surface area contributed by atoms with Crippen molar-refractivity contribution in [3.63, 3.8) is 0 Å². The van der Waals surface area contributed by atoms with E-state index >= 15 is 0 Å². The van der Waals surface area contributed by atoms with Gasteiger partial charge in [0, 0.05) is 11.0 Å². The van der Waals surface area contributed by atoms with Crippen LogP contribution < -0.4 is 0 Å². The molecule has 188 valence electrons. The van der Waals surface area contributed by atoms with Crippen molar-refractivity contribution in [1.29, 1.82) is 0 Å². The molecule has 0 N–H and O–H groups in total. The number of hydrogen-bond acceptors (Lipinski definition) is 5. The molecule has 6 heteroatoms. The van der Waals surface area contributed by atoms with Crippen LogP contribution in [0.5, 0.6) is 0 Å². The van der Waals surface area contributed by atoms with Crippen molar-refractivity contribution in [2.24, 2.45) is 0 Å². The third-order valence-corrected chi connectivity index (χ3v) is 5.54. The molecular formula is C25H51IO5. The predicted molar refractivity (Wildman–Crippen MR) is 139 cm³/mol. The van der Waals surface area contributed by atoms with Crippen LogP contribution in [0.15, 0.2) is 0 Å². The first-order chi connectivity index (χ1) is 15.4. The number of hydrogen-bond donors (Lipinski definition) is 0. The Labute approximate surface area is 206 Å². The highest BCUT2D eigenvalue weighted by molar-refractivity contribution is 14.1. The van der Waals surface area contributed by atoms with Crippen LogP contribution in [0.25, 0.3) is 0 Å². The molecule has 0 aliphatic heterocycles. The second-order valence-corrected chi connectivity index (χ2v) is 9.07. The standard InChI is InChI=1S/C25H51IO5/c1-2-3-4-5-6-7-8-9-10-11-12-13-14-16-27-18-20-29-22-24-31-25-23-30-21-19-28-17-15-26/h2-25H2,1H3. The number of halogens is 1. The second kappa shape index (κ2) is 30.5. The molecule has 5 nitrogen and oxygen atoms in total. The normalized spacial score (nSPS) is 11.4. The zero-order chi connectivity index (χ0) is 22.5. The van der Waals surface area contributed by atoms with Crippen LogP contribution in [-0.4, -0.2) is 70.5 Å². The fourth-order valence-electron chi connectivity index (χ4n) is 3.26. The number of alkyl halides is 1. The fourth-order valence-corrected chi connectivity index (χ4v) is 3.57. The van der Waals surface area contributed by atoms with Gasteiger partial charge in [0.25, 0.3) is 0 Å². The quantitative estimate of drug-likeness (QED) is 0.0616. The molecule has 0 atom stereocenters. The molecule has 0 aliphatic rings. The smallest absolute Gasteiger partial charge is 0.0701 e. The molecule has 0 spiro atoms. The maximum atomic E-state index is 5.64. The molecule has 0 rings (SSSR count). The topological polar surface area (TPSA) is 46.2 Å². The lowest BCUT2D eigenvalue weighted by Gasteiger charge is -2.08. The van der Waals surface area contributed by atoms with E-state index in [9.17, 15) is 0 Å². The maximum Gasteiger partial charge on any atom is 0.0701 e. The van der Waals surface area contributed by atoms with Crippen molar-refractivity contribution in [3.8, 4) is 0 Å². The number of ether oxygens (including phenoxy) is 5. The number of unbranched alkanes of at least 4 members (excludes halogenated alkanes) is 12. The average molecular weight is 559 g/mol. The summed E-state index contributed by atoms with van der Waals surface area (Å²) in [6.07, 6.45) is 18.0. The molecule has 31 heavy (non-hydrogen) atoms. The molecule has 0 amide bonds. The van der Waals surface area contributed by atoms with E-state index in [0.29, 0.717) is 52.9 Å². The summed E-state index contributed by atoms with van der Waals surface area (Å²) in [5, 5.41) is 0. The lowest BCUT2D eigenvalue weighted by molar-refractivity contribution is -0.0102. The van der Waals surface area contributed by atoms with Crippen molar-refractivity contribution < 1.29 is 23.7 Å². The Morgan fingerprint density at radius 2 is 0.645 bits per heavy atom. The van der Waals surface area contributed by atoms with Gasteiger partial charge in [0.1, 0.15) is 0 Å². The summed E-state index contributed by atoms with van der Waals surface area (Å²) >= 11 is 2.29. The molecule has 0 bridgehead atoms. The summed E-state index contributed by atoms with van der Waals surface area (Å²) in [5.41, 5.74) is 0. The summed E-state index contributed by atoms with van der Waals surface area (Å²) in [7, 11) is 0. The van der Waals surface area contributed by atoms with Crippen LogP contribution in [0.4, 0.5) is 0 Å². The lowest BCUT2D eigenvalue weighted by atomic mass is 10.0. The highest BCUT2D eigenvalue weighted by Crippen LogP contribution is 2.12. The fraction of sp³-hybridized carbons (Fsp3) is 1.00. The van der Waals surface area contributed by atoms with Gasteiger partial charge in [-0.05, 0) is 6.42 Å². The Bertz CT molecular complexity index is 280. The molecule has 0 aromatic heterocycles. The second-order valence-electron chi connectivity index (χ2n) is 7.99. The van der Waals surface area contributed by atoms with Crippen molar-refractivity contribution in [3.05, 3.63) is 0 Å². The zero-order valence-electron chi connectivity index (χ0n) is 20.4. The minimum absolute atomic E-state index is 0.602. The first kappa shape index (κ1) is 31.5. The van der Waals surface area contributed by atoms with Crippen LogP contribution in [0.2, 0.25) is 0 Å². The van der Waals surface area contributed by atoms with E-state index in [1.54, 1.807) is 0 Å². The summed E-state index contributed by atoms with van der Waals surface area (Å²) < 4.78 is 28.4. The highest BCUT2D eigenvalue weighted by Gasteiger charge is 1.95. The van der Waals surface area contributed by atoms with E-state index in [1.165, 1.54) is 83.5 Å². The first-order valence-corrected chi connectivity index (χ1v) is 14.4. The van der Waals surface area contributed by atoms with Gasteiger partial charge in [0.2, 0.25) is 0 Å². The van der Waals surface area contributed by atoms with E-state index in [0.717, 1.165) is 17.6 Å². The third kappa shape index (κ3) is 30.5. The minimum Gasteiger partial charge on any atom is -0.379 e. The Morgan fingerprint density at radius 3 is 1.00 bits per heavy atom. The van der Waals surface area contributed by atoms with Crippen LogP contribution in [0, 0.1) is 0 Å². The van der Waals surface area contributed by atoms with Crippen LogP contribution in [0.3, 0.4) is 0 Å². The SMILES string of the molecule is CCCCCCCCCCCCCCCOCCOCCOCCOCCOCCI. The van der Waals surface area contributed by atoms with Gasteiger partial charge in [-0.1, -0.05) is 107 Å². The average Bonchev–Trinajstić information content (AvgIpc) is 2.78. The Morgan fingerprint density at radius 1 is 0.355 bits per heavy atom. The monoisotopic (exact) mass is 558 g/mol. The van der Waals surface area contributed by atoms with Gasteiger partial charge < -0.3 is 23.7 Å². The van der Waals surface area contributed by atoms with Crippen molar-refractivity contribution >= 4 is 22.6 Å². The number of rotatable bonds is 28. The Hall–Kier alpha value is 0.530. The van der Waals surface area contributed by atoms with Gasteiger partial charge in [-0.3, -0.25) is 0 Å². The molecule has 0 radical (unpaired) electrons. The van der Waals surface area contributed by atoms with E-state index in [2.05, 4.69) is 29.5 Å². The molecule has 0 aliphatic carbocycles. The van der Waals surface area contributed by atoms with Crippen LogP contribution in [-0.2, 0) is 23.7 Å². The third-order valence-electron chi connectivity index (χ3n) is 5.10.